The first-order valence-corrected chi connectivity index (χ1v) is 10.2. The van der Waals surface area contributed by atoms with Crippen molar-refractivity contribution in [3.63, 3.8) is 0 Å². The number of benzene rings is 2. The highest BCUT2D eigenvalue weighted by Gasteiger charge is 2.26. The first-order valence-electron chi connectivity index (χ1n) is 8.69. The number of nitrogen functional groups attached to an aromatic ring is 1. The van der Waals surface area contributed by atoms with E-state index in [1.807, 2.05) is 18.2 Å². The maximum Gasteiger partial charge on any atom is 0.241 e. The number of nitrogens with one attached hydrogen (secondary N) is 1. The molecule has 2 aromatic carbocycles. The monoisotopic (exact) mass is 358 g/mol. The molecule has 25 heavy (non-hydrogen) atoms. The Morgan fingerprint density at radius 3 is 2.76 bits per heavy atom. The van der Waals surface area contributed by atoms with E-state index in [-0.39, 0.29) is 6.04 Å². The molecule has 4 rings (SSSR count). The van der Waals surface area contributed by atoms with Gasteiger partial charge in [-0.3, -0.25) is 0 Å². The van der Waals surface area contributed by atoms with Crippen LogP contribution in [-0.2, 0) is 22.9 Å². The zero-order valence-electron chi connectivity index (χ0n) is 14.0. The highest BCUT2D eigenvalue weighted by molar-refractivity contribution is 7.89. The van der Waals surface area contributed by atoms with Crippen LogP contribution in [-0.4, -0.2) is 15.0 Å². The zero-order valence-corrected chi connectivity index (χ0v) is 14.8. The Hall–Kier alpha value is -2.05. The third-order valence-corrected chi connectivity index (χ3v) is 6.44. The molecule has 132 valence electrons. The molecule has 0 radical (unpaired) electrons. The molecule has 0 saturated carbocycles. The van der Waals surface area contributed by atoms with Gasteiger partial charge in [0.1, 0.15) is 5.75 Å². The molecular weight excluding hydrogens is 336 g/mol. The molecule has 0 bridgehead atoms. The SMILES string of the molecule is Nc1ccc2c(c1)CCCC2NS(=O)(=O)c1ccc2c(c1)CCCO2. The predicted molar refractivity (Wildman–Crippen MR) is 97.1 cm³/mol. The van der Waals surface area contributed by atoms with Crippen molar-refractivity contribution >= 4 is 15.7 Å². The molecule has 1 atom stereocenters. The molecule has 0 amide bonds. The maximum atomic E-state index is 12.9. The smallest absolute Gasteiger partial charge is 0.241 e. The van der Waals surface area contributed by atoms with E-state index in [1.165, 1.54) is 0 Å². The molecule has 5 nitrogen and oxygen atoms in total. The topological polar surface area (TPSA) is 81.4 Å². The summed E-state index contributed by atoms with van der Waals surface area (Å²) in [6, 6.07) is 10.6. The second kappa shape index (κ2) is 6.35. The lowest BCUT2D eigenvalue weighted by Gasteiger charge is -2.27. The number of rotatable bonds is 3. The molecule has 2 aromatic rings. The van der Waals surface area contributed by atoms with Gasteiger partial charge in [-0.25, -0.2) is 13.1 Å². The lowest BCUT2D eigenvalue weighted by molar-refractivity contribution is 0.288. The van der Waals surface area contributed by atoms with Gasteiger partial charge in [0.2, 0.25) is 10.0 Å². The van der Waals surface area contributed by atoms with Crippen LogP contribution in [0.2, 0.25) is 0 Å². The first-order chi connectivity index (χ1) is 12.0. The predicted octanol–water partition coefficient (Wildman–Crippen LogP) is 2.95. The first kappa shape index (κ1) is 16.4. The number of ether oxygens (including phenoxy) is 1. The third-order valence-electron chi connectivity index (χ3n) is 4.97. The maximum absolute atomic E-state index is 12.9. The molecule has 0 aromatic heterocycles. The lowest BCUT2D eigenvalue weighted by atomic mass is 9.88. The van der Waals surface area contributed by atoms with Crippen LogP contribution in [0.4, 0.5) is 5.69 Å². The van der Waals surface area contributed by atoms with E-state index in [0.29, 0.717) is 11.5 Å². The van der Waals surface area contributed by atoms with Gasteiger partial charge in [-0.2, -0.15) is 0 Å². The quantitative estimate of drug-likeness (QED) is 0.827. The Balaban J connectivity index is 1.62. The number of nitrogens with two attached hydrogens (primary N) is 1. The average molecular weight is 358 g/mol. The van der Waals surface area contributed by atoms with Gasteiger partial charge in [0, 0.05) is 11.7 Å². The minimum atomic E-state index is -3.58. The summed E-state index contributed by atoms with van der Waals surface area (Å²) < 4.78 is 34.2. The van der Waals surface area contributed by atoms with Gasteiger partial charge in [-0.1, -0.05) is 6.07 Å². The summed E-state index contributed by atoms with van der Waals surface area (Å²) in [5.74, 6) is 0.795. The molecule has 3 N–H and O–H groups in total. The number of fused-ring (bicyclic) bond motifs is 2. The van der Waals surface area contributed by atoms with E-state index in [9.17, 15) is 8.42 Å². The van der Waals surface area contributed by atoms with E-state index in [4.69, 9.17) is 10.5 Å². The van der Waals surface area contributed by atoms with E-state index >= 15 is 0 Å². The normalized spacial score (nSPS) is 19.6. The molecular formula is C19H22N2O3S. The molecule has 2 aliphatic rings. The van der Waals surface area contributed by atoms with E-state index in [0.717, 1.165) is 60.2 Å². The summed E-state index contributed by atoms with van der Waals surface area (Å²) in [5.41, 5.74) is 9.71. The van der Waals surface area contributed by atoms with Crippen LogP contribution in [0.1, 0.15) is 42.0 Å². The van der Waals surface area contributed by atoms with Gasteiger partial charge >= 0.3 is 0 Å². The van der Waals surface area contributed by atoms with Crippen molar-refractivity contribution in [3.8, 4) is 5.75 Å². The lowest BCUT2D eigenvalue weighted by Crippen LogP contribution is -2.31. The second-order valence-electron chi connectivity index (χ2n) is 6.75. The Kier molecular flexibility index (Phi) is 4.17. The van der Waals surface area contributed by atoms with Crippen LogP contribution in [0, 0.1) is 0 Å². The average Bonchev–Trinajstić information content (AvgIpc) is 2.61. The van der Waals surface area contributed by atoms with E-state index in [1.54, 1.807) is 18.2 Å². The van der Waals surface area contributed by atoms with Crippen molar-refractivity contribution in [2.24, 2.45) is 0 Å². The number of aryl methyl sites for hydroxylation is 2. The fraction of sp³-hybridized carbons (Fsp3) is 0.368. The fourth-order valence-electron chi connectivity index (χ4n) is 3.72. The van der Waals surface area contributed by atoms with Gasteiger partial charge in [-0.15, -0.1) is 0 Å². The molecule has 0 spiro atoms. The van der Waals surface area contributed by atoms with Crippen molar-refractivity contribution < 1.29 is 13.2 Å². The summed E-state index contributed by atoms with van der Waals surface area (Å²) in [4.78, 5) is 0.305. The van der Waals surface area contributed by atoms with Crippen LogP contribution in [0.5, 0.6) is 5.75 Å². The van der Waals surface area contributed by atoms with E-state index < -0.39 is 10.0 Å². The molecule has 1 aliphatic carbocycles. The van der Waals surface area contributed by atoms with Gasteiger partial charge in [0.15, 0.2) is 0 Å². The minimum Gasteiger partial charge on any atom is -0.493 e. The van der Waals surface area contributed by atoms with Crippen LogP contribution in [0.3, 0.4) is 0 Å². The van der Waals surface area contributed by atoms with E-state index in [2.05, 4.69) is 4.72 Å². The largest absolute Gasteiger partial charge is 0.493 e. The molecule has 1 aliphatic heterocycles. The van der Waals surface area contributed by atoms with Crippen LogP contribution in [0.15, 0.2) is 41.3 Å². The second-order valence-corrected chi connectivity index (χ2v) is 8.46. The highest BCUT2D eigenvalue weighted by atomic mass is 32.2. The standard InChI is InChI=1S/C19H22N2O3S/c20-15-6-8-17-13(11-15)3-1-5-18(17)21-25(22,23)16-7-9-19-14(12-16)4-2-10-24-19/h6-9,11-12,18,21H,1-5,10,20H2. The minimum absolute atomic E-state index is 0.207. The van der Waals surface area contributed by atoms with Gasteiger partial charge < -0.3 is 10.5 Å². The Morgan fingerprint density at radius 1 is 1.04 bits per heavy atom. The summed E-state index contributed by atoms with van der Waals surface area (Å²) in [5, 5.41) is 0. The van der Waals surface area contributed by atoms with Gasteiger partial charge in [0.25, 0.3) is 0 Å². The molecule has 6 heteroatoms. The molecule has 1 unspecified atom stereocenters. The van der Waals surface area contributed by atoms with Crippen LogP contribution < -0.4 is 15.2 Å². The van der Waals surface area contributed by atoms with Gasteiger partial charge in [-0.05, 0) is 79.1 Å². The molecule has 0 saturated heterocycles. The summed E-state index contributed by atoms with van der Waals surface area (Å²) >= 11 is 0. The number of anilines is 1. The summed E-state index contributed by atoms with van der Waals surface area (Å²) in [7, 11) is -3.58. The van der Waals surface area contributed by atoms with Crippen LogP contribution >= 0.6 is 0 Å². The highest BCUT2D eigenvalue weighted by Crippen LogP contribution is 2.33. The van der Waals surface area contributed by atoms with Crippen molar-refractivity contribution in [1.82, 2.24) is 4.72 Å². The number of sulfonamides is 1. The Bertz CT molecular complexity index is 909. The van der Waals surface area contributed by atoms with Crippen molar-refractivity contribution in [2.75, 3.05) is 12.3 Å². The summed E-state index contributed by atoms with van der Waals surface area (Å²) in [6.07, 6.45) is 4.45. The Labute approximate surface area is 148 Å². The molecule has 1 heterocycles. The number of hydrogen-bond donors (Lipinski definition) is 2. The number of hydrogen-bond acceptors (Lipinski definition) is 4. The molecule has 0 fully saturated rings. The van der Waals surface area contributed by atoms with Crippen molar-refractivity contribution in [2.45, 2.75) is 43.0 Å². The fourth-order valence-corrected chi connectivity index (χ4v) is 5.02. The van der Waals surface area contributed by atoms with Crippen molar-refractivity contribution in [3.05, 3.63) is 53.1 Å². The Morgan fingerprint density at radius 2 is 1.88 bits per heavy atom. The third kappa shape index (κ3) is 3.24. The summed E-state index contributed by atoms with van der Waals surface area (Å²) in [6.45, 7) is 0.694. The van der Waals surface area contributed by atoms with Crippen molar-refractivity contribution in [1.29, 1.82) is 0 Å². The van der Waals surface area contributed by atoms with Crippen LogP contribution in [0.25, 0.3) is 0 Å². The van der Waals surface area contributed by atoms with Gasteiger partial charge in [0.05, 0.1) is 11.5 Å². The zero-order chi connectivity index (χ0) is 17.4.